The molecule has 0 aliphatic rings. The van der Waals surface area contributed by atoms with E-state index in [9.17, 15) is 13.2 Å². The summed E-state index contributed by atoms with van der Waals surface area (Å²) in [5.74, 6) is 2.50. The average Bonchev–Trinajstić information content (AvgIpc) is 3.12. The van der Waals surface area contributed by atoms with E-state index in [0.717, 1.165) is 22.1 Å². The number of hydrogen-bond acceptors (Lipinski definition) is 6. The fourth-order valence-corrected chi connectivity index (χ4v) is 3.92. The van der Waals surface area contributed by atoms with Gasteiger partial charge in [-0.25, -0.2) is 8.42 Å². The minimum Gasteiger partial charge on any atom is -0.494 e. The Labute approximate surface area is 164 Å². The van der Waals surface area contributed by atoms with Crippen LogP contribution in [0.25, 0.3) is 0 Å². The van der Waals surface area contributed by atoms with Gasteiger partial charge < -0.3 is 14.5 Å². The summed E-state index contributed by atoms with van der Waals surface area (Å²) < 4.78 is 36.0. The van der Waals surface area contributed by atoms with E-state index in [-0.39, 0.29) is 12.5 Å². The summed E-state index contributed by atoms with van der Waals surface area (Å²) in [7, 11) is -3.61. The molecule has 27 heavy (non-hydrogen) atoms. The number of furan rings is 1. The highest BCUT2D eigenvalue weighted by Gasteiger charge is 2.21. The van der Waals surface area contributed by atoms with Crippen molar-refractivity contribution in [3.05, 3.63) is 48.4 Å². The highest BCUT2D eigenvalue weighted by molar-refractivity contribution is 7.98. The molecule has 0 fully saturated rings. The van der Waals surface area contributed by atoms with E-state index < -0.39 is 10.0 Å². The summed E-state index contributed by atoms with van der Waals surface area (Å²) in [5, 5.41) is 2.75. The number of nitrogens with one attached hydrogen (secondary N) is 1. The molecule has 1 N–H and O–H groups in total. The molecule has 0 saturated heterocycles. The molecule has 0 spiro atoms. The van der Waals surface area contributed by atoms with Crippen LogP contribution in [0.1, 0.15) is 12.7 Å². The maximum Gasteiger partial charge on any atom is 0.240 e. The molecule has 0 aliphatic heterocycles. The number of anilines is 1. The Bertz CT molecular complexity index is 822. The summed E-state index contributed by atoms with van der Waals surface area (Å²) in [4.78, 5) is 12.2. The zero-order valence-electron chi connectivity index (χ0n) is 15.4. The molecule has 1 aromatic carbocycles. The standard InChI is InChI=1S/C18H24N2O5S2/c1-3-24-16-7-4-6-15(12-16)20(27(2,22)23)13-18(21)19-9-11-26-14-17-8-5-10-25-17/h4-8,10,12H,3,9,11,13-14H2,1-2H3,(H,19,21). The first-order valence-electron chi connectivity index (χ1n) is 8.47. The molecule has 1 aromatic heterocycles. The van der Waals surface area contributed by atoms with Gasteiger partial charge in [0.25, 0.3) is 0 Å². The molecule has 1 heterocycles. The highest BCUT2D eigenvalue weighted by atomic mass is 32.2. The third-order valence-electron chi connectivity index (χ3n) is 3.50. The second kappa shape index (κ2) is 10.3. The van der Waals surface area contributed by atoms with Gasteiger partial charge in [0, 0.05) is 18.4 Å². The van der Waals surface area contributed by atoms with Crippen molar-refractivity contribution in [1.29, 1.82) is 0 Å². The Morgan fingerprint density at radius 1 is 1.30 bits per heavy atom. The lowest BCUT2D eigenvalue weighted by Gasteiger charge is -2.22. The fraction of sp³-hybridized carbons (Fsp3) is 0.389. The summed E-state index contributed by atoms with van der Waals surface area (Å²) in [6, 6.07) is 10.4. The van der Waals surface area contributed by atoms with Gasteiger partial charge in [0.2, 0.25) is 15.9 Å². The Hall–Kier alpha value is -2.13. The van der Waals surface area contributed by atoms with Gasteiger partial charge in [-0.15, -0.1) is 0 Å². The smallest absolute Gasteiger partial charge is 0.240 e. The first-order chi connectivity index (χ1) is 12.9. The highest BCUT2D eigenvalue weighted by Crippen LogP contribution is 2.23. The number of ether oxygens (including phenoxy) is 1. The van der Waals surface area contributed by atoms with E-state index in [1.807, 2.05) is 19.1 Å². The quantitative estimate of drug-likeness (QED) is 0.571. The zero-order valence-corrected chi connectivity index (χ0v) is 17.0. The average molecular weight is 413 g/mol. The van der Waals surface area contributed by atoms with Crippen molar-refractivity contribution in [2.45, 2.75) is 12.7 Å². The van der Waals surface area contributed by atoms with E-state index in [0.29, 0.717) is 30.3 Å². The second-order valence-corrected chi connectivity index (χ2v) is 8.69. The lowest BCUT2D eigenvalue weighted by atomic mass is 10.3. The minimum atomic E-state index is -3.61. The molecule has 0 aliphatic carbocycles. The number of amides is 1. The van der Waals surface area contributed by atoms with E-state index in [1.165, 1.54) is 0 Å². The molecule has 0 bridgehead atoms. The van der Waals surface area contributed by atoms with Gasteiger partial charge in [0.15, 0.2) is 0 Å². The van der Waals surface area contributed by atoms with E-state index in [1.54, 1.807) is 42.3 Å². The molecule has 2 rings (SSSR count). The SMILES string of the molecule is CCOc1cccc(N(CC(=O)NCCSCc2ccco2)S(C)(=O)=O)c1. The molecule has 9 heteroatoms. The number of carbonyl (C=O) groups is 1. The van der Waals surface area contributed by atoms with Gasteiger partial charge in [0.1, 0.15) is 18.1 Å². The topological polar surface area (TPSA) is 88.8 Å². The normalized spacial score (nSPS) is 11.2. The molecular weight excluding hydrogens is 388 g/mol. The Morgan fingerprint density at radius 2 is 2.11 bits per heavy atom. The third-order valence-corrected chi connectivity index (χ3v) is 5.62. The van der Waals surface area contributed by atoms with Crippen molar-refractivity contribution in [3.8, 4) is 5.75 Å². The summed E-state index contributed by atoms with van der Waals surface area (Å²) in [6.07, 6.45) is 2.70. The van der Waals surface area contributed by atoms with Gasteiger partial charge in [-0.2, -0.15) is 11.8 Å². The van der Waals surface area contributed by atoms with Gasteiger partial charge >= 0.3 is 0 Å². The summed E-state index contributed by atoms with van der Waals surface area (Å²) in [5.41, 5.74) is 0.394. The maximum absolute atomic E-state index is 12.2. The van der Waals surface area contributed by atoms with Crippen LogP contribution in [0.15, 0.2) is 47.1 Å². The first kappa shape index (κ1) is 21.2. The lowest BCUT2D eigenvalue weighted by Crippen LogP contribution is -2.41. The number of benzene rings is 1. The van der Waals surface area contributed by atoms with Crippen molar-refractivity contribution in [3.63, 3.8) is 0 Å². The number of carbonyl (C=O) groups excluding carboxylic acids is 1. The second-order valence-electron chi connectivity index (χ2n) is 5.68. The van der Waals surface area contributed by atoms with Crippen molar-refractivity contribution in [2.75, 3.05) is 36.0 Å². The van der Waals surface area contributed by atoms with Gasteiger partial charge in [-0.05, 0) is 31.2 Å². The lowest BCUT2D eigenvalue weighted by molar-refractivity contribution is -0.119. The van der Waals surface area contributed by atoms with Gasteiger partial charge in [-0.3, -0.25) is 9.10 Å². The number of rotatable bonds is 11. The molecular formula is C18H24N2O5S2. The molecule has 1 amide bonds. The Balaban J connectivity index is 1.88. The summed E-state index contributed by atoms with van der Waals surface area (Å²) in [6.45, 7) is 2.48. The van der Waals surface area contributed by atoms with Crippen LogP contribution in [0.4, 0.5) is 5.69 Å². The van der Waals surface area contributed by atoms with E-state index >= 15 is 0 Å². The van der Waals surface area contributed by atoms with Crippen LogP contribution in [0.2, 0.25) is 0 Å². The van der Waals surface area contributed by atoms with Crippen molar-refractivity contribution in [2.24, 2.45) is 0 Å². The van der Waals surface area contributed by atoms with E-state index in [4.69, 9.17) is 9.15 Å². The maximum atomic E-state index is 12.2. The first-order valence-corrected chi connectivity index (χ1v) is 11.5. The monoisotopic (exact) mass is 412 g/mol. The molecule has 0 atom stereocenters. The minimum absolute atomic E-state index is 0.280. The number of nitrogens with zero attached hydrogens (tertiary/aromatic N) is 1. The van der Waals surface area contributed by atoms with Crippen LogP contribution >= 0.6 is 11.8 Å². The van der Waals surface area contributed by atoms with Crippen LogP contribution < -0.4 is 14.4 Å². The van der Waals surface area contributed by atoms with Crippen molar-refractivity contribution >= 4 is 33.4 Å². The molecule has 148 valence electrons. The predicted octanol–water partition coefficient (Wildman–Crippen LogP) is 2.49. The molecule has 0 unspecified atom stereocenters. The fourth-order valence-electron chi connectivity index (χ4n) is 2.31. The van der Waals surface area contributed by atoms with Gasteiger partial charge in [0.05, 0.1) is 30.6 Å². The van der Waals surface area contributed by atoms with Crippen LogP contribution in [0, 0.1) is 0 Å². The van der Waals surface area contributed by atoms with E-state index in [2.05, 4.69) is 5.32 Å². The zero-order chi connectivity index (χ0) is 19.7. The molecule has 0 radical (unpaired) electrons. The largest absolute Gasteiger partial charge is 0.494 e. The molecule has 0 saturated carbocycles. The predicted molar refractivity (Wildman–Crippen MR) is 108 cm³/mol. The third kappa shape index (κ3) is 7.18. The number of thioether (sulfide) groups is 1. The molecule has 2 aromatic rings. The molecule has 7 nitrogen and oxygen atoms in total. The van der Waals surface area contributed by atoms with Crippen LogP contribution in [0.3, 0.4) is 0 Å². The van der Waals surface area contributed by atoms with Crippen LogP contribution in [-0.2, 0) is 20.6 Å². The van der Waals surface area contributed by atoms with Crippen molar-refractivity contribution < 1.29 is 22.4 Å². The Morgan fingerprint density at radius 3 is 2.78 bits per heavy atom. The van der Waals surface area contributed by atoms with Crippen LogP contribution in [0.5, 0.6) is 5.75 Å². The van der Waals surface area contributed by atoms with Crippen LogP contribution in [-0.4, -0.2) is 46.0 Å². The summed E-state index contributed by atoms with van der Waals surface area (Å²) >= 11 is 1.62. The number of sulfonamides is 1. The Kier molecular flexibility index (Phi) is 8.05. The van der Waals surface area contributed by atoms with Gasteiger partial charge in [-0.1, -0.05) is 6.07 Å². The number of hydrogen-bond donors (Lipinski definition) is 1. The van der Waals surface area contributed by atoms with Crippen molar-refractivity contribution in [1.82, 2.24) is 5.32 Å².